The summed E-state index contributed by atoms with van der Waals surface area (Å²) >= 11 is 1.88. The molecule has 0 aliphatic carbocycles. The monoisotopic (exact) mass is 211 g/mol. The Hall–Kier alpha value is -0.340. The summed E-state index contributed by atoms with van der Waals surface area (Å²) in [6, 6.07) is 4.43. The van der Waals surface area contributed by atoms with E-state index in [2.05, 4.69) is 32.9 Å². The van der Waals surface area contributed by atoms with Gasteiger partial charge in [0, 0.05) is 21.7 Å². The van der Waals surface area contributed by atoms with E-state index >= 15 is 0 Å². The molecule has 1 unspecified atom stereocenters. The maximum absolute atomic E-state index is 5.63. The van der Waals surface area contributed by atoms with E-state index in [0.29, 0.717) is 12.0 Å². The lowest BCUT2D eigenvalue weighted by molar-refractivity contribution is 0.422. The van der Waals surface area contributed by atoms with E-state index in [4.69, 9.17) is 5.73 Å². The minimum Gasteiger partial charge on any atom is -0.326 e. The summed E-state index contributed by atoms with van der Waals surface area (Å²) in [5.41, 5.74) is 6.00. The molecule has 0 aromatic carbocycles. The van der Waals surface area contributed by atoms with Crippen LogP contribution in [0.25, 0.3) is 0 Å². The van der Waals surface area contributed by atoms with Crippen molar-refractivity contribution in [1.82, 2.24) is 0 Å². The van der Waals surface area contributed by atoms with E-state index < -0.39 is 0 Å². The lowest BCUT2D eigenvalue weighted by Crippen LogP contribution is -2.18. The second-order valence-corrected chi connectivity index (χ2v) is 5.30. The normalized spacial score (nSPS) is 15.4. The smallest absolute Gasteiger partial charge is 0.0273 e. The summed E-state index contributed by atoms with van der Waals surface area (Å²) in [7, 11) is 0. The molecule has 2 N–H and O–H groups in total. The molecule has 0 spiro atoms. The second-order valence-electron chi connectivity index (χ2n) is 4.13. The van der Waals surface area contributed by atoms with Gasteiger partial charge in [0.2, 0.25) is 0 Å². The molecule has 80 valence electrons. The van der Waals surface area contributed by atoms with Gasteiger partial charge >= 0.3 is 0 Å². The fourth-order valence-corrected chi connectivity index (χ4v) is 2.97. The first-order valence-electron chi connectivity index (χ1n) is 5.45. The van der Waals surface area contributed by atoms with E-state index in [1.165, 1.54) is 29.0 Å². The van der Waals surface area contributed by atoms with Gasteiger partial charge in [0.1, 0.15) is 0 Å². The van der Waals surface area contributed by atoms with Crippen LogP contribution in [0.5, 0.6) is 0 Å². The Bertz CT molecular complexity index is 280. The number of nitrogens with two attached hydrogens (primary N) is 1. The highest BCUT2D eigenvalue weighted by molar-refractivity contribution is 7.12. The van der Waals surface area contributed by atoms with E-state index in [1.807, 2.05) is 11.3 Å². The molecule has 1 rings (SSSR count). The SMILES string of the molecule is CCCC(C)(CC)c1ccc(CN)s1. The number of thiophene rings is 1. The molecule has 1 nitrogen and oxygen atoms in total. The van der Waals surface area contributed by atoms with Crippen LogP contribution < -0.4 is 5.73 Å². The summed E-state index contributed by atoms with van der Waals surface area (Å²) in [5, 5.41) is 0. The Morgan fingerprint density at radius 1 is 1.36 bits per heavy atom. The minimum atomic E-state index is 0.368. The Labute approximate surface area is 91.3 Å². The van der Waals surface area contributed by atoms with Gasteiger partial charge in [-0.1, -0.05) is 27.2 Å². The van der Waals surface area contributed by atoms with Gasteiger partial charge < -0.3 is 5.73 Å². The number of hydrogen-bond acceptors (Lipinski definition) is 2. The summed E-state index contributed by atoms with van der Waals surface area (Å²) in [6.45, 7) is 7.57. The lowest BCUT2D eigenvalue weighted by Gasteiger charge is -2.26. The van der Waals surface area contributed by atoms with Crippen molar-refractivity contribution < 1.29 is 0 Å². The van der Waals surface area contributed by atoms with Crippen LogP contribution in [-0.2, 0) is 12.0 Å². The molecule has 0 saturated heterocycles. The summed E-state index contributed by atoms with van der Waals surface area (Å²) in [4.78, 5) is 2.80. The van der Waals surface area contributed by atoms with Crippen molar-refractivity contribution in [2.45, 2.75) is 52.0 Å². The van der Waals surface area contributed by atoms with Crippen molar-refractivity contribution >= 4 is 11.3 Å². The molecule has 2 heteroatoms. The number of hydrogen-bond donors (Lipinski definition) is 1. The molecule has 0 fully saturated rings. The first-order valence-corrected chi connectivity index (χ1v) is 6.27. The maximum Gasteiger partial charge on any atom is 0.0273 e. The molecular weight excluding hydrogens is 190 g/mol. The predicted octanol–water partition coefficient (Wildman–Crippen LogP) is 3.67. The van der Waals surface area contributed by atoms with E-state index in [0.717, 1.165) is 0 Å². The summed E-state index contributed by atoms with van der Waals surface area (Å²) < 4.78 is 0. The molecule has 0 saturated carbocycles. The third-order valence-electron chi connectivity index (χ3n) is 3.04. The Kier molecular flexibility index (Phi) is 4.14. The zero-order valence-electron chi connectivity index (χ0n) is 9.47. The first-order chi connectivity index (χ1) is 6.66. The first kappa shape index (κ1) is 11.7. The Balaban J connectivity index is 2.87. The Morgan fingerprint density at radius 3 is 2.50 bits per heavy atom. The zero-order valence-corrected chi connectivity index (χ0v) is 10.3. The molecule has 1 heterocycles. The van der Waals surface area contributed by atoms with Gasteiger partial charge in [0.15, 0.2) is 0 Å². The standard InChI is InChI=1S/C12H21NS/c1-4-8-12(3,5-2)11-7-6-10(9-13)14-11/h6-7H,4-5,8-9,13H2,1-3H3. The average molecular weight is 211 g/mol. The van der Waals surface area contributed by atoms with Crippen molar-refractivity contribution in [3.63, 3.8) is 0 Å². The van der Waals surface area contributed by atoms with Crippen LogP contribution in [0.3, 0.4) is 0 Å². The van der Waals surface area contributed by atoms with Crippen LogP contribution in [0.15, 0.2) is 12.1 Å². The van der Waals surface area contributed by atoms with Crippen molar-refractivity contribution in [3.8, 4) is 0 Å². The van der Waals surface area contributed by atoms with Gasteiger partial charge in [-0.15, -0.1) is 11.3 Å². The van der Waals surface area contributed by atoms with Gasteiger partial charge in [0.05, 0.1) is 0 Å². The third-order valence-corrected chi connectivity index (χ3v) is 4.45. The van der Waals surface area contributed by atoms with Crippen LogP contribution in [-0.4, -0.2) is 0 Å². The van der Waals surface area contributed by atoms with Crippen LogP contribution in [0.1, 0.15) is 49.8 Å². The third kappa shape index (κ3) is 2.37. The maximum atomic E-state index is 5.63. The van der Waals surface area contributed by atoms with Gasteiger partial charge in [-0.05, 0) is 25.0 Å². The van der Waals surface area contributed by atoms with Gasteiger partial charge in [-0.3, -0.25) is 0 Å². The van der Waals surface area contributed by atoms with Crippen LogP contribution in [0, 0.1) is 0 Å². The molecule has 1 aromatic heterocycles. The van der Waals surface area contributed by atoms with Crippen molar-refractivity contribution in [1.29, 1.82) is 0 Å². The van der Waals surface area contributed by atoms with E-state index in [9.17, 15) is 0 Å². The molecule has 1 aromatic rings. The molecule has 1 atom stereocenters. The van der Waals surface area contributed by atoms with Crippen molar-refractivity contribution in [2.24, 2.45) is 5.73 Å². The van der Waals surface area contributed by atoms with Gasteiger partial charge in [0.25, 0.3) is 0 Å². The topological polar surface area (TPSA) is 26.0 Å². The highest BCUT2D eigenvalue weighted by atomic mass is 32.1. The van der Waals surface area contributed by atoms with Crippen LogP contribution in [0.2, 0.25) is 0 Å². The second kappa shape index (κ2) is 4.94. The fraction of sp³-hybridized carbons (Fsp3) is 0.667. The molecule has 0 bridgehead atoms. The highest BCUT2D eigenvalue weighted by Crippen LogP contribution is 2.36. The molecular formula is C12H21NS. The van der Waals surface area contributed by atoms with E-state index in [1.54, 1.807) is 0 Å². The predicted molar refractivity (Wildman–Crippen MR) is 64.8 cm³/mol. The molecule has 0 aliphatic rings. The largest absolute Gasteiger partial charge is 0.326 e. The van der Waals surface area contributed by atoms with Crippen LogP contribution in [0.4, 0.5) is 0 Å². The van der Waals surface area contributed by atoms with Gasteiger partial charge in [-0.25, -0.2) is 0 Å². The van der Waals surface area contributed by atoms with E-state index in [-0.39, 0.29) is 0 Å². The molecule has 0 aliphatic heterocycles. The van der Waals surface area contributed by atoms with Crippen molar-refractivity contribution in [2.75, 3.05) is 0 Å². The average Bonchev–Trinajstić information content (AvgIpc) is 2.66. The quantitative estimate of drug-likeness (QED) is 0.790. The Morgan fingerprint density at radius 2 is 2.07 bits per heavy atom. The van der Waals surface area contributed by atoms with Crippen LogP contribution >= 0.6 is 11.3 Å². The lowest BCUT2D eigenvalue weighted by atomic mass is 9.81. The summed E-state index contributed by atoms with van der Waals surface area (Å²) in [6.07, 6.45) is 3.74. The number of rotatable bonds is 5. The van der Waals surface area contributed by atoms with Crippen molar-refractivity contribution in [3.05, 3.63) is 21.9 Å². The fourth-order valence-electron chi connectivity index (χ4n) is 1.84. The molecule has 0 radical (unpaired) electrons. The van der Waals surface area contributed by atoms with Gasteiger partial charge in [-0.2, -0.15) is 0 Å². The minimum absolute atomic E-state index is 0.368. The summed E-state index contributed by atoms with van der Waals surface area (Å²) in [5.74, 6) is 0. The molecule has 14 heavy (non-hydrogen) atoms. The highest BCUT2D eigenvalue weighted by Gasteiger charge is 2.24. The zero-order chi connectivity index (χ0) is 10.6. The molecule has 0 amide bonds.